The highest BCUT2D eigenvalue weighted by molar-refractivity contribution is 5.37. The number of rotatable bonds is 3. The van der Waals surface area contributed by atoms with Gasteiger partial charge in [0.15, 0.2) is 0 Å². The lowest BCUT2D eigenvalue weighted by Gasteiger charge is -2.20. The Labute approximate surface area is 54.0 Å². The van der Waals surface area contributed by atoms with Gasteiger partial charge >= 0.3 is 0 Å². The van der Waals surface area contributed by atoms with E-state index >= 15 is 0 Å². The van der Waals surface area contributed by atoms with Crippen LogP contribution in [0.5, 0.6) is 0 Å². The van der Waals surface area contributed by atoms with Crippen molar-refractivity contribution in [3.05, 3.63) is 0 Å². The molecule has 0 aliphatic heterocycles. The van der Waals surface area contributed by atoms with Crippen molar-refractivity contribution in [3.8, 4) is 0 Å². The van der Waals surface area contributed by atoms with Crippen LogP contribution in [0.25, 0.3) is 0 Å². The molecule has 3 heteroatoms. The van der Waals surface area contributed by atoms with Crippen LogP contribution in [0.2, 0.25) is 0 Å². The summed E-state index contributed by atoms with van der Waals surface area (Å²) >= 11 is 0. The van der Waals surface area contributed by atoms with Gasteiger partial charge < -0.3 is 4.74 Å². The first kappa shape index (κ1) is 8.40. The van der Waals surface area contributed by atoms with Gasteiger partial charge in [-0.25, -0.2) is 4.39 Å². The Morgan fingerprint density at radius 3 is 2.22 bits per heavy atom. The van der Waals surface area contributed by atoms with Crippen LogP contribution < -0.4 is 0 Å². The Morgan fingerprint density at radius 1 is 1.67 bits per heavy atom. The lowest BCUT2D eigenvalue weighted by molar-refractivity contribution is -0.139. The Balaban J connectivity index is 3.72. The zero-order valence-corrected chi connectivity index (χ0v) is 5.85. The standard InChI is InChI=1S/C6H11FO2/c1-5(9-4-8)6(2,3)7/h4-5H,1-3H3. The summed E-state index contributed by atoms with van der Waals surface area (Å²) < 4.78 is 17.0. The summed E-state index contributed by atoms with van der Waals surface area (Å²) in [4.78, 5) is 9.67. The first-order valence-corrected chi connectivity index (χ1v) is 2.76. The van der Waals surface area contributed by atoms with E-state index in [0.29, 0.717) is 0 Å². The predicted molar refractivity (Wildman–Crippen MR) is 31.8 cm³/mol. The largest absolute Gasteiger partial charge is 0.461 e. The zero-order chi connectivity index (χ0) is 7.49. The number of carbonyl (C=O) groups excluding carboxylic acids is 1. The maximum absolute atomic E-state index is 12.7. The minimum atomic E-state index is -1.44. The summed E-state index contributed by atoms with van der Waals surface area (Å²) in [7, 11) is 0. The molecule has 0 heterocycles. The number of carbonyl (C=O) groups is 1. The molecule has 0 N–H and O–H groups in total. The minimum absolute atomic E-state index is 0.256. The van der Waals surface area contributed by atoms with Crippen LogP contribution in [-0.2, 0) is 9.53 Å². The lowest BCUT2D eigenvalue weighted by Crippen LogP contribution is -2.30. The first-order valence-electron chi connectivity index (χ1n) is 2.76. The van der Waals surface area contributed by atoms with Crippen LogP contribution in [-0.4, -0.2) is 18.2 Å². The maximum atomic E-state index is 12.7. The summed E-state index contributed by atoms with van der Waals surface area (Å²) in [6.07, 6.45) is -0.671. The molecule has 0 fully saturated rings. The summed E-state index contributed by atoms with van der Waals surface area (Å²) in [5, 5.41) is 0. The molecular formula is C6H11FO2. The van der Waals surface area contributed by atoms with Crippen LogP contribution in [0.15, 0.2) is 0 Å². The minimum Gasteiger partial charge on any atom is -0.461 e. The van der Waals surface area contributed by atoms with E-state index in [2.05, 4.69) is 4.74 Å². The molecule has 9 heavy (non-hydrogen) atoms. The van der Waals surface area contributed by atoms with Crippen molar-refractivity contribution in [1.82, 2.24) is 0 Å². The maximum Gasteiger partial charge on any atom is 0.293 e. The second kappa shape index (κ2) is 2.80. The fourth-order valence-electron chi connectivity index (χ4n) is 0.245. The third-order valence-corrected chi connectivity index (χ3v) is 1.23. The highest BCUT2D eigenvalue weighted by Gasteiger charge is 2.25. The number of hydrogen-bond donors (Lipinski definition) is 0. The van der Waals surface area contributed by atoms with Gasteiger partial charge in [-0.15, -0.1) is 0 Å². The third kappa shape index (κ3) is 3.06. The number of hydrogen-bond acceptors (Lipinski definition) is 2. The van der Waals surface area contributed by atoms with Crippen molar-refractivity contribution in [2.24, 2.45) is 0 Å². The molecule has 54 valence electrons. The number of ether oxygens (including phenoxy) is 1. The Morgan fingerprint density at radius 2 is 2.11 bits per heavy atom. The third-order valence-electron chi connectivity index (χ3n) is 1.23. The van der Waals surface area contributed by atoms with E-state index in [1.807, 2.05) is 0 Å². The predicted octanol–water partition coefficient (Wildman–Crippen LogP) is 1.30. The lowest BCUT2D eigenvalue weighted by atomic mass is 10.1. The fraction of sp³-hybridized carbons (Fsp3) is 0.833. The van der Waals surface area contributed by atoms with Crippen molar-refractivity contribution in [2.75, 3.05) is 0 Å². The van der Waals surface area contributed by atoms with Crippen LogP contribution in [0.3, 0.4) is 0 Å². The van der Waals surface area contributed by atoms with E-state index in [0.717, 1.165) is 0 Å². The number of halogens is 1. The smallest absolute Gasteiger partial charge is 0.293 e. The van der Waals surface area contributed by atoms with Crippen molar-refractivity contribution >= 4 is 6.47 Å². The van der Waals surface area contributed by atoms with E-state index in [4.69, 9.17) is 0 Å². The van der Waals surface area contributed by atoms with Crippen molar-refractivity contribution in [3.63, 3.8) is 0 Å². The monoisotopic (exact) mass is 134 g/mol. The Bertz CT molecular complexity index is 95.7. The van der Waals surface area contributed by atoms with Crippen LogP contribution in [0.1, 0.15) is 20.8 Å². The molecule has 1 atom stereocenters. The van der Waals surface area contributed by atoms with Crippen molar-refractivity contribution in [2.45, 2.75) is 32.5 Å². The molecular weight excluding hydrogens is 123 g/mol. The van der Waals surface area contributed by atoms with Gasteiger partial charge in [0.05, 0.1) is 0 Å². The van der Waals surface area contributed by atoms with Gasteiger partial charge in [-0.3, -0.25) is 4.79 Å². The first-order chi connectivity index (χ1) is 3.98. The quantitative estimate of drug-likeness (QED) is 0.544. The molecule has 0 amide bonds. The van der Waals surface area contributed by atoms with E-state index in [9.17, 15) is 9.18 Å². The summed E-state index contributed by atoms with van der Waals surface area (Å²) in [6, 6.07) is 0. The molecule has 1 unspecified atom stereocenters. The highest BCUT2D eigenvalue weighted by atomic mass is 19.1. The van der Waals surface area contributed by atoms with Gasteiger partial charge in [-0.05, 0) is 20.8 Å². The van der Waals surface area contributed by atoms with E-state index < -0.39 is 11.8 Å². The molecule has 0 bridgehead atoms. The van der Waals surface area contributed by atoms with Gasteiger partial charge in [0.25, 0.3) is 6.47 Å². The number of alkyl halides is 1. The van der Waals surface area contributed by atoms with Gasteiger partial charge in [0, 0.05) is 0 Å². The molecule has 0 aromatic heterocycles. The van der Waals surface area contributed by atoms with E-state index in [1.165, 1.54) is 20.8 Å². The topological polar surface area (TPSA) is 26.3 Å². The average molecular weight is 134 g/mol. The molecule has 0 spiro atoms. The van der Waals surface area contributed by atoms with E-state index in [-0.39, 0.29) is 6.47 Å². The Kier molecular flexibility index (Phi) is 2.62. The van der Waals surface area contributed by atoms with Gasteiger partial charge in [-0.2, -0.15) is 0 Å². The average Bonchev–Trinajstić information content (AvgIpc) is 1.64. The zero-order valence-electron chi connectivity index (χ0n) is 5.85. The molecule has 0 rings (SSSR count). The molecule has 2 nitrogen and oxygen atoms in total. The highest BCUT2D eigenvalue weighted by Crippen LogP contribution is 2.15. The van der Waals surface area contributed by atoms with Crippen LogP contribution in [0.4, 0.5) is 4.39 Å². The molecule has 0 saturated heterocycles. The Hall–Kier alpha value is -0.600. The molecule has 0 radical (unpaired) electrons. The summed E-state index contributed by atoms with van der Waals surface area (Å²) in [5.74, 6) is 0. The second-order valence-corrected chi connectivity index (χ2v) is 2.44. The molecule has 0 aliphatic carbocycles. The summed E-state index contributed by atoms with van der Waals surface area (Å²) in [6.45, 7) is 4.49. The molecule has 0 aromatic carbocycles. The normalized spacial score (nSPS) is 14.7. The molecule has 0 aliphatic rings. The van der Waals surface area contributed by atoms with Crippen LogP contribution >= 0.6 is 0 Å². The fourth-order valence-corrected chi connectivity index (χ4v) is 0.245. The van der Waals surface area contributed by atoms with Crippen molar-refractivity contribution in [1.29, 1.82) is 0 Å². The van der Waals surface area contributed by atoms with Gasteiger partial charge in [0.2, 0.25) is 0 Å². The SMILES string of the molecule is CC(OC=O)C(C)(C)F. The second-order valence-electron chi connectivity index (χ2n) is 2.44. The van der Waals surface area contributed by atoms with E-state index in [1.54, 1.807) is 0 Å². The molecule has 0 saturated carbocycles. The van der Waals surface area contributed by atoms with Gasteiger partial charge in [-0.1, -0.05) is 0 Å². The van der Waals surface area contributed by atoms with Crippen LogP contribution in [0, 0.1) is 0 Å². The molecule has 0 aromatic rings. The summed E-state index contributed by atoms with van der Waals surface area (Å²) in [5.41, 5.74) is -1.44. The van der Waals surface area contributed by atoms with Gasteiger partial charge in [0.1, 0.15) is 11.8 Å². The van der Waals surface area contributed by atoms with Crippen molar-refractivity contribution < 1.29 is 13.9 Å².